The van der Waals surface area contributed by atoms with Crippen molar-refractivity contribution in [3.05, 3.63) is 57.5 Å². The van der Waals surface area contributed by atoms with Crippen molar-refractivity contribution in [3.8, 4) is 0 Å². The molecule has 19 heavy (non-hydrogen) atoms. The molecule has 0 spiro atoms. The summed E-state index contributed by atoms with van der Waals surface area (Å²) >= 11 is 9.31. The molecule has 3 nitrogen and oxygen atoms in total. The summed E-state index contributed by atoms with van der Waals surface area (Å²) in [5.74, 6) is -0.201. The van der Waals surface area contributed by atoms with Crippen molar-refractivity contribution in [2.45, 2.75) is 0 Å². The lowest BCUT2D eigenvalue weighted by atomic mass is 10.1. The number of fused-ring (bicyclic) bond motifs is 1. The molecule has 1 aliphatic rings. The highest BCUT2D eigenvalue weighted by Gasteiger charge is 2.25. The fourth-order valence-electron chi connectivity index (χ4n) is 1.91. The number of carbonyl (C=O) groups is 1. The average molecular weight is 336 g/mol. The first-order valence-electron chi connectivity index (χ1n) is 5.59. The topological polar surface area (TPSA) is 41.5 Å². The average Bonchev–Trinajstić information content (AvgIpc) is 2.66. The number of benzene rings is 2. The van der Waals surface area contributed by atoms with Crippen molar-refractivity contribution in [1.82, 2.24) is 0 Å². The molecule has 2 aromatic rings. The fourth-order valence-corrected chi connectivity index (χ4v) is 2.46. The standard InChI is InChI=1S/C14H8BrClN2O/c15-8-4-5-12-11(6-8)13(14(19)18-12)17-10-3-1-2-9(16)7-10/h1-7H,(H,17,18,19). The van der Waals surface area contributed by atoms with Crippen molar-refractivity contribution in [1.29, 1.82) is 0 Å². The number of amides is 1. The summed E-state index contributed by atoms with van der Waals surface area (Å²) in [6.45, 7) is 0. The van der Waals surface area contributed by atoms with Crippen molar-refractivity contribution in [2.75, 3.05) is 5.32 Å². The molecule has 1 heterocycles. The number of anilines is 1. The highest BCUT2D eigenvalue weighted by atomic mass is 79.9. The van der Waals surface area contributed by atoms with Gasteiger partial charge in [0.1, 0.15) is 5.71 Å². The molecule has 0 unspecified atom stereocenters. The number of hydrogen-bond donors (Lipinski definition) is 1. The SMILES string of the molecule is O=C1Nc2ccc(Br)cc2C1=Nc1cccc(Cl)c1. The van der Waals surface area contributed by atoms with Crippen LogP contribution < -0.4 is 5.32 Å². The second-order valence-corrected chi connectivity index (χ2v) is 5.44. The Morgan fingerprint density at radius 1 is 1.16 bits per heavy atom. The number of hydrogen-bond acceptors (Lipinski definition) is 2. The highest BCUT2D eigenvalue weighted by Crippen LogP contribution is 2.29. The monoisotopic (exact) mass is 334 g/mol. The summed E-state index contributed by atoms with van der Waals surface area (Å²) in [6, 6.07) is 12.7. The van der Waals surface area contributed by atoms with E-state index in [0.29, 0.717) is 16.4 Å². The van der Waals surface area contributed by atoms with E-state index < -0.39 is 0 Å². The largest absolute Gasteiger partial charge is 0.320 e. The smallest absolute Gasteiger partial charge is 0.275 e. The van der Waals surface area contributed by atoms with Gasteiger partial charge in [-0.1, -0.05) is 33.6 Å². The van der Waals surface area contributed by atoms with Crippen LogP contribution in [0.3, 0.4) is 0 Å². The van der Waals surface area contributed by atoms with Crippen molar-refractivity contribution >= 4 is 50.5 Å². The zero-order valence-electron chi connectivity index (χ0n) is 9.65. The maximum absolute atomic E-state index is 11.9. The summed E-state index contributed by atoms with van der Waals surface area (Å²) in [4.78, 5) is 16.3. The Hall–Kier alpha value is -1.65. The molecule has 2 aromatic carbocycles. The Kier molecular flexibility index (Phi) is 3.12. The predicted octanol–water partition coefficient (Wildman–Crippen LogP) is 4.18. The van der Waals surface area contributed by atoms with Crippen LogP contribution >= 0.6 is 27.5 Å². The van der Waals surface area contributed by atoms with E-state index in [4.69, 9.17) is 11.6 Å². The molecule has 0 aromatic heterocycles. The lowest BCUT2D eigenvalue weighted by molar-refractivity contribution is -0.110. The predicted molar refractivity (Wildman–Crippen MR) is 80.4 cm³/mol. The van der Waals surface area contributed by atoms with Crippen molar-refractivity contribution in [2.24, 2.45) is 4.99 Å². The molecule has 1 amide bonds. The minimum absolute atomic E-state index is 0.201. The Morgan fingerprint density at radius 2 is 2.00 bits per heavy atom. The number of aliphatic imine (C=N–C) groups is 1. The maximum atomic E-state index is 11.9. The van der Waals surface area contributed by atoms with E-state index in [-0.39, 0.29) is 5.91 Å². The number of rotatable bonds is 1. The van der Waals surface area contributed by atoms with Gasteiger partial charge in [-0.25, -0.2) is 4.99 Å². The van der Waals surface area contributed by atoms with E-state index in [0.717, 1.165) is 15.7 Å². The molecule has 0 atom stereocenters. The van der Waals surface area contributed by atoms with Gasteiger partial charge in [-0.15, -0.1) is 0 Å². The van der Waals surface area contributed by atoms with Gasteiger partial charge in [0.15, 0.2) is 0 Å². The van der Waals surface area contributed by atoms with Gasteiger partial charge in [0, 0.05) is 15.1 Å². The van der Waals surface area contributed by atoms with Crippen LogP contribution in [0, 0.1) is 0 Å². The van der Waals surface area contributed by atoms with E-state index in [1.54, 1.807) is 18.2 Å². The Labute approximate surface area is 123 Å². The second-order valence-electron chi connectivity index (χ2n) is 4.08. The van der Waals surface area contributed by atoms with Crippen LogP contribution in [-0.4, -0.2) is 11.6 Å². The number of nitrogens with zero attached hydrogens (tertiary/aromatic N) is 1. The van der Waals surface area contributed by atoms with Gasteiger partial charge in [-0.05, 0) is 36.4 Å². The van der Waals surface area contributed by atoms with Crippen LogP contribution in [0.4, 0.5) is 11.4 Å². The zero-order valence-corrected chi connectivity index (χ0v) is 12.0. The van der Waals surface area contributed by atoms with Gasteiger partial charge in [-0.3, -0.25) is 4.79 Å². The number of nitrogens with one attached hydrogen (secondary N) is 1. The van der Waals surface area contributed by atoms with Crippen LogP contribution in [0.15, 0.2) is 51.9 Å². The Bertz CT molecular complexity index is 712. The van der Waals surface area contributed by atoms with Gasteiger partial charge in [0.25, 0.3) is 5.91 Å². The molecule has 0 fully saturated rings. The number of halogens is 2. The van der Waals surface area contributed by atoms with E-state index >= 15 is 0 Å². The normalized spacial score (nSPS) is 15.5. The van der Waals surface area contributed by atoms with Crippen LogP contribution in [0.5, 0.6) is 0 Å². The summed E-state index contributed by atoms with van der Waals surface area (Å²) in [7, 11) is 0. The van der Waals surface area contributed by atoms with Crippen molar-refractivity contribution < 1.29 is 4.79 Å². The first-order chi connectivity index (χ1) is 9.13. The van der Waals surface area contributed by atoms with Crippen LogP contribution in [0.25, 0.3) is 0 Å². The third-order valence-electron chi connectivity index (χ3n) is 2.75. The van der Waals surface area contributed by atoms with Gasteiger partial charge >= 0.3 is 0 Å². The zero-order chi connectivity index (χ0) is 13.4. The molecule has 0 saturated carbocycles. The fraction of sp³-hybridized carbons (Fsp3) is 0. The van der Waals surface area contributed by atoms with Crippen LogP contribution in [-0.2, 0) is 4.79 Å². The maximum Gasteiger partial charge on any atom is 0.275 e. The third kappa shape index (κ3) is 2.41. The molecule has 0 aliphatic carbocycles. The minimum Gasteiger partial charge on any atom is -0.320 e. The van der Waals surface area contributed by atoms with E-state index in [1.165, 1.54) is 0 Å². The van der Waals surface area contributed by atoms with Crippen LogP contribution in [0.1, 0.15) is 5.56 Å². The molecule has 0 radical (unpaired) electrons. The molecule has 94 valence electrons. The van der Waals surface area contributed by atoms with Gasteiger partial charge in [0.05, 0.1) is 11.4 Å². The Balaban J connectivity index is 2.11. The lowest BCUT2D eigenvalue weighted by Gasteiger charge is -1.99. The van der Waals surface area contributed by atoms with Gasteiger partial charge < -0.3 is 5.32 Å². The molecule has 0 bridgehead atoms. The molecule has 1 aliphatic heterocycles. The quantitative estimate of drug-likeness (QED) is 0.834. The Morgan fingerprint density at radius 3 is 2.79 bits per heavy atom. The minimum atomic E-state index is -0.201. The van der Waals surface area contributed by atoms with Crippen molar-refractivity contribution in [3.63, 3.8) is 0 Å². The summed E-state index contributed by atoms with van der Waals surface area (Å²) in [6.07, 6.45) is 0. The molecule has 1 N–H and O–H groups in total. The molecule has 0 saturated heterocycles. The first-order valence-corrected chi connectivity index (χ1v) is 6.76. The summed E-state index contributed by atoms with van der Waals surface area (Å²) in [5.41, 5.74) is 2.62. The molecule has 5 heteroatoms. The number of carbonyl (C=O) groups excluding carboxylic acids is 1. The van der Waals surface area contributed by atoms with Gasteiger partial charge in [0.2, 0.25) is 0 Å². The van der Waals surface area contributed by atoms with E-state index in [1.807, 2.05) is 24.3 Å². The summed E-state index contributed by atoms with van der Waals surface area (Å²) in [5, 5.41) is 3.38. The van der Waals surface area contributed by atoms with Crippen LogP contribution in [0.2, 0.25) is 5.02 Å². The van der Waals surface area contributed by atoms with E-state index in [9.17, 15) is 4.79 Å². The lowest BCUT2D eigenvalue weighted by Crippen LogP contribution is -2.13. The first kappa shape index (κ1) is 12.4. The molecular formula is C14H8BrClN2O. The summed E-state index contributed by atoms with van der Waals surface area (Å²) < 4.78 is 0.904. The second kappa shape index (κ2) is 4.79. The highest BCUT2D eigenvalue weighted by molar-refractivity contribution is 9.10. The van der Waals surface area contributed by atoms with E-state index in [2.05, 4.69) is 26.2 Å². The van der Waals surface area contributed by atoms with Gasteiger partial charge in [-0.2, -0.15) is 0 Å². The molecule has 3 rings (SSSR count). The molecular weight excluding hydrogens is 328 g/mol. The third-order valence-corrected chi connectivity index (χ3v) is 3.48.